The monoisotopic (exact) mass is 362 g/mol. The van der Waals surface area contributed by atoms with Crippen LogP contribution >= 0.6 is 11.6 Å². The molecule has 0 saturated heterocycles. The molecule has 0 spiro atoms. The summed E-state index contributed by atoms with van der Waals surface area (Å²) in [6.45, 7) is 5.77. The lowest BCUT2D eigenvalue weighted by molar-refractivity contribution is 0.632. The zero-order valence-corrected chi connectivity index (χ0v) is 15.3. The Morgan fingerprint density at radius 2 is 1.92 bits per heavy atom. The maximum absolute atomic E-state index is 14.0. The fourth-order valence-corrected chi connectivity index (χ4v) is 2.61. The summed E-state index contributed by atoms with van der Waals surface area (Å²) < 4.78 is 15.4. The van der Waals surface area contributed by atoms with Gasteiger partial charge in [0.25, 0.3) is 5.56 Å². The molecular weight excluding hydrogens is 343 g/mol. The molecule has 0 bridgehead atoms. The number of halogens is 2. The van der Waals surface area contributed by atoms with E-state index in [1.807, 2.05) is 13.8 Å². The number of rotatable bonds is 2. The molecule has 0 aliphatic heterocycles. The van der Waals surface area contributed by atoms with Gasteiger partial charge >= 0.3 is 0 Å². The molecule has 3 aromatic rings. The lowest BCUT2D eigenvalue weighted by Crippen LogP contribution is -2.18. The van der Waals surface area contributed by atoms with E-state index in [1.165, 1.54) is 23.0 Å². The summed E-state index contributed by atoms with van der Waals surface area (Å²) in [6, 6.07) is 6.06. The maximum atomic E-state index is 14.0. The van der Waals surface area contributed by atoms with Crippen LogP contribution in [-0.4, -0.2) is 9.55 Å². The summed E-state index contributed by atoms with van der Waals surface area (Å²) >= 11 is 6.07. The first-order valence-electron chi connectivity index (χ1n) is 7.85. The van der Waals surface area contributed by atoms with Crippen LogP contribution in [0.5, 0.6) is 0 Å². The first-order valence-corrected chi connectivity index (χ1v) is 8.23. The van der Waals surface area contributed by atoms with Crippen LogP contribution in [0.25, 0.3) is 10.9 Å². The highest BCUT2D eigenvalue weighted by molar-refractivity contribution is 6.35. The number of nitrogens with one attached hydrogen (secondary N) is 1. The molecule has 5 nitrogen and oxygen atoms in total. The summed E-state index contributed by atoms with van der Waals surface area (Å²) in [7, 11) is 1.63. The minimum Gasteiger partial charge on any atom is -0.397 e. The number of nitrogens with zero attached hydrogens (tertiary/aromatic N) is 2. The minimum absolute atomic E-state index is 0.0785. The van der Waals surface area contributed by atoms with Crippen LogP contribution in [0.4, 0.5) is 21.5 Å². The van der Waals surface area contributed by atoms with Crippen molar-refractivity contribution in [1.82, 2.24) is 9.55 Å². The molecule has 0 unspecified atom stereocenters. The van der Waals surface area contributed by atoms with Crippen molar-refractivity contribution in [3.8, 4) is 0 Å². The zero-order valence-electron chi connectivity index (χ0n) is 14.5. The summed E-state index contributed by atoms with van der Waals surface area (Å²) in [5.74, 6) is -0.525. The summed E-state index contributed by atoms with van der Waals surface area (Å²) in [4.78, 5) is 16.5. The molecule has 0 amide bonds. The second kappa shape index (κ2) is 7.53. The first kappa shape index (κ1) is 18.7. The SMILES string of the molecule is CC.Cc1c(Nc2c(F)ccc(N)c2Cl)ccc2ncn(C)c(=O)c12. The Labute approximate surface area is 150 Å². The Kier molecular flexibility index (Phi) is 5.64. The van der Waals surface area contributed by atoms with Gasteiger partial charge in [-0.05, 0) is 36.8 Å². The van der Waals surface area contributed by atoms with Crippen molar-refractivity contribution in [3.05, 3.63) is 57.3 Å². The van der Waals surface area contributed by atoms with E-state index in [4.69, 9.17) is 17.3 Å². The minimum atomic E-state index is -0.525. The number of hydrogen-bond acceptors (Lipinski definition) is 4. The molecule has 132 valence electrons. The molecule has 1 heterocycles. The topological polar surface area (TPSA) is 72.9 Å². The van der Waals surface area contributed by atoms with Gasteiger partial charge in [-0.15, -0.1) is 0 Å². The van der Waals surface area contributed by atoms with Gasteiger partial charge in [-0.1, -0.05) is 25.4 Å². The van der Waals surface area contributed by atoms with Crippen molar-refractivity contribution in [2.75, 3.05) is 11.1 Å². The van der Waals surface area contributed by atoms with Crippen LogP contribution < -0.4 is 16.6 Å². The van der Waals surface area contributed by atoms with Gasteiger partial charge in [0.2, 0.25) is 0 Å². The van der Waals surface area contributed by atoms with Gasteiger partial charge < -0.3 is 15.6 Å². The molecule has 0 saturated carbocycles. The number of nitrogen functional groups attached to an aromatic ring is 1. The van der Waals surface area contributed by atoms with Crippen molar-refractivity contribution >= 4 is 39.6 Å². The molecule has 7 heteroatoms. The van der Waals surface area contributed by atoms with E-state index in [0.717, 1.165) is 0 Å². The number of hydrogen-bond donors (Lipinski definition) is 2. The maximum Gasteiger partial charge on any atom is 0.261 e. The van der Waals surface area contributed by atoms with Crippen molar-refractivity contribution in [3.63, 3.8) is 0 Å². The Bertz CT molecular complexity index is 985. The number of aryl methyl sites for hydroxylation is 2. The van der Waals surface area contributed by atoms with Crippen molar-refractivity contribution < 1.29 is 4.39 Å². The molecule has 1 aromatic heterocycles. The van der Waals surface area contributed by atoms with Gasteiger partial charge in [-0.2, -0.15) is 0 Å². The van der Waals surface area contributed by atoms with Crippen LogP contribution in [0.3, 0.4) is 0 Å². The van der Waals surface area contributed by atoms with E-state index in [-0.39, 0.29) is 22.0 Å². The highest BCUT2D eigenvalue weighted by Crippen LogP contribution is 2.34. The van der Waals surface area contributed by atoms with Crippen molar-refractivity contribution in [1.29, 1.82) is 0 Å². The van der Waals surface area contributed by atoms with Gasteiger partial charge in [0.1, 0.15) is 5.82 Å². The molecule has 0 aliphatic rings. The van der Waals surface area contributed by atoms with Gasteiger partial charge in [0, 0.05) is 12.7 Å². The van der Waals surface area contributed by atoms with Crippen LogP contribution in [0.2, 0.25) is 5.02 Å². The Morgan fingerprint density at radius 1 is 1.24 bits per heavy atom. The van der Waals surface area contributed by atoms with Gasteiger partial charge in [0.05, 0.1) is 33.6 Å². The third-order valence-electron chi connectivity index (χ3n) is 3.73. The number of benzene rings is 2. The Hall–Kier alpha value is -2.60. The van der Waals surface area contributed by atoms with E-state index in [2.05, 4.69) is 10.3 Å². The molecular formula is C18H20ClFN4O. The Balaban J connectivity index is 0.00000109. The lowest BCUT2D eigenvalue weighted by atomic mass is 10.1. The van der Waals surface area contributed by atoms with Crippen molar-refractivity contribution in [2.45, 2.75) is 20.8 Å². The van der Waals surface area contributed by atoms with Crippen LogP contribution in [-0.2, 0) is 7.05 Å². The molecule has 3 rings (SSSR count). The molecule has 25 heavy (non-hydrogen) atoms. The number of anilines is 3. The van der Waals surface area contributed by atoms with E-state index in [1.54, 1.807) is 26.1 Å². The molecule has 3 N–H and O–H groups in total. The predicted molar refractivity (Wildman–Crippen MR) is 102 cm³/mol. The number of aromatic nitrogens is 2. The highest BCUT2D eigenvalue weighted by Gasteiger charge is 2.14. The molecule has 0 radical (unpaired) electrons. The smallest absolute Gasteiger partial charge is 0.261 e. The lowest BCUT2D eigenvalue weighted by Gasteiger charge is -2.14. The van der Waals surface area contributed by atoms with E-state index >= 15 is 0 Å². The third-order valence-corrected chi connectivity index (χ3v) is 4.14. The number of fused-ring (bicyclic) bond motifs is 1. The zero-order chi connectivity index (χ0) is 18.7. The summed E-state index contributed by atoms with van der Waals surface area (Å²) in [6.07, 6.45) is 1.46. The van der Waals surface area contributed by atoms with E-state index in [0.29, 0.717) is 22.2 Å². The molecule has 2 aromatic carbocycles. The number of nitrogens with two attached hydrogens (primary N) is 1. The van der Waals surface area contributed by atoms with Gasteiger partial charge in [-0.3, -0.25) is 4.79 Å². The molecule has 0 fully saturated rings. The Morgan fingerprint density at radius 3 is 2.60 bits per heavy atom. The van der Waals surface area contributed by atoms with E-state index in [9.17, 15) is 9.18 Å². The fraction of sp³-hybridized carbons (Fsp3) is 0.222. The van der Waals surface area contributed by atoms with Gasteiger partial charge in [-0.25, -0.2) is 9.37 Å². The van der Waals surface area contributed by atoms with E-state index < -0.39 is 5.82 Å². The second-order valence-electron chi connectivity index (χ2n) is 5.24. The predicted octanol–water partition coefficient (Wildman–Crippen LogP) is 4.39. The second-order valence-corrected chi connectivity index (χ2v) is 5.62. The molecule has 0 atom stereocenters. The largest absolute Gasteiger partial charge is 0.397 e. The normalized spacial score (nSPS) is 10.3. The quantitative estimate of drug-likeness (QED) is 0.663. The van der Waals surface area contributed by atoms with Crippen LogP contribution in [0.15, 0.2) is 35.4 Å². The highest BCUT2D eigenvalue weighted by atomic mass is 35.5. The summed E-state index contributed by atoms with van der Waals surface area (Å²) in [5, 5.41) is 3.50. The van der Waals surface area contributed by atoms with Crippen LogP contribution in [0, 0.1) is 12.7 Å². The first-order chi connectivity index (χ1) is 11.9. The fourth-order valence-electron chi connectivity index (χ4n) is 2.41. The third kappa shape index (κ3) is 3.44. The average Bonchev–Trinajstić information content (AvgIpc) is 2.61. The average molecular weight is 363 g/mol. The van der Waals surface area contributed by atoms with Crippen molar-refractivity contribution in [2.24, 2.45) is 7.05 Å². The standard InChI is InChI=1S/C16H14ClFN4O.C2H6/c1-8-11(21-15-9(18)3-4-10(19)14(15)17)5-6-12-13(8)16(23)22(2)7-20-12;1-2/h3-7,21H,19H2,1-2H3;1-2H3. The molecule has 0 aliphatic carbocycles. The van der Waals surface area contributed by atoms with Crippen LogP contribution in [0.1, 0.15) is 19.4 Å². The summed E-state index contributed by atoms with van der Waals surface area (Å²) in [5.41, 5.74) is 7.70. The van der Waals surface area contributed by atoms with Gasteiger partial charge in [0.15, 0.2) is 0 Å².